The van der Waals surface area contributed by atoms with E-state index in [-0.39, 0.29) is 5.69 Å². The van der Waals surface area contributed by atoms with Crippen LogP contribution in [0.25, 0.3) is 0 Å². The van der Waals surface area contributed by atoms with Crippen LogP contribution < -0.4 is 11.1 Å². The number of hydrogen-bond donors (Lipinski definition) is 3. The largest absolute Gasteiger partial charge is 0.433 e. The van der Waals surface area contributed by atoms with Crippen molar-refractivity contribution in [2.24, 2.45) is 5.73 Å². The highest BCUT2D eigenvalue weighted by atomic mass is 19.4. The van der Waals surface area contributed by atoms with Gasteiger partial charge in [0.05, 0.1) is 5.70 Å². The van der Waals surface area contributed by atoms with Gasteiger partial charge in [0, 0.05) is 11.9 Å². The van der Waals surface area contributed by atoms with Crippen molar-refractivity contribution in [3.05, 3.63) is 41.7 Å². The van der Waals surface area contributed by atoms with E-state index in [9.17, 15) is 13.2 Å². The van der Waals surface area contributed by atoms with E-state index in [1.165, 1.54) is 12.1 Å². The summed E-state index contributed by atoms with van der Waals surface area (Å²) in [7, 11) is 0. The number of nitrogens with one attached hydrogen (secondary N) is 2. The first-order valence-electron chi connectivity index (χ1n) is 4.34. The Balaban J connectivity index is 3.03. The molecule has 3 nitrogen and oxygen atoms in total. The fourth-order valence-electron chi connectivity index (χ4n) is 1.04. The molecule has 0 aliphatic rings. The number of rotatable bonds is 3. The number of halogens is 3. The second-order valence-corrected chi connectivity index (χ2v) is 2.96. The van der Waals surface area contributed by atoms with Gasteiger partial charge in [-0.2, -0.15) is 13.2 Å². The normalized spacial score (nSPS) is 12.9. The fraction of sp³-hybridized carbons (Fsp3) is 0.100. The Morgan fingerprint density at radius 2 is 1.81 bits per heavy atom. The van der Waals surface area contributed by atoms with Gasteiger partial charge in [0.25, 0.3) is 0 Å². The maximum absolute atomic E-state index is 12.5. The Morgan fingerprint density at radius 1 is 1.25 bits per heavy atom. The van der Waals surface area contributed by atoms with Crippen molar-refractivity contribution in [3.63, 3.8) is 0 Å². The van der Waals surface area contributed by atoms with E-state index >= 15 is 0 Å². The molecule has 0 spiro atoms. The molecule has 0 fully saturated rings. The van der Waals surface area contributed by atoms with Gasteiger partial charge in [-0.25, -0.2) is 0 Å². The number of para-hydroxylation sites is 1. The van der Waals surface area contributed by atoms with E-state index < -0.39 is 17.6 Å². The summed E-state index contributed by atoms with van der Waals surface area (Å²) in [5.74, 6) is 0. The zero-order valence-electron chi connectivity index (χ0n) is 8.18. The molecule has 0 aliphatic heterocycles. The molecule has 0 aromatic heterocycles. The van der Waals surface area contributed by atoms with Gasteiger partial charge in [-0.3, -0.25) is 0 Å². The standard InChI is InChI=1S/C10H10F3N3/c11-10(12,13)9(8(15)6-14)16-7-4-2-1-3-5-7/h1-6,14,16H,15H2/b9-8+,14-6?. The molecule has 16 heavy (non-hydrogen) atoms. The Kier molecular flexibility index (Phi) is 3.55. The number of anilines is 1. The minimum atomic E-state index is -4.61. The van der Waals surface area contributed by atoms with Crippen molar-refractivity contribution in [1.29, 1.82) is 5.41 Å². The molecule has 0 heterocycles. The first-order chi connectivity index (χ1) is 7.45. The van der Waals surface area contributed by atoms with Gasteiger partial charge in [0.1, 0.15) is 5.70 Å². The van der Waals surface area contributed by atoms with Crippen LogP contribution in [0, 0.1) is 5.41 Å². The van der Waals surface area contributed by atoms with Gasteiger partial charge in [-0.05, 0) is 12.1 Å². The van der Waals surface area contributed by atoms with Crippen molar-refractivity contribution >= 4 is 11.9 Å². The smallest absolute Gasteiger partial charge is 0.396 e. The van der Waals surface area contributed by atoms with Crippen molar-refractivity contribution in [2.45, 2.75) is 6.18 Å². The van der Waals surface area contributed by atoms with Crippen LogP contribution in [0.3, 0.4) is 0 Å². The van der Waals surface area contributed by atoms with Crippen LogP contribution in [0.2, 0.25) is 0 Å². The SMILES string of the molecule is N=C/C(N)=C(\Nc1ccccc1)C(F)(F)F. The topological polar surface area (TPSA) is 61.9 Å². The maximum Gasteiger partial charge on any atom is 0.433 e. The number of nitrogens with two attached hydrogens (primary N) is 1. The average molecular weight is 229 g/mol. The predicted molar refractivity (Wildman–Crippen MR) is 56.1 cm³/mol. The molecule has 0 radical (unpaired) electrons. The molecule has 4 N–H and O–H groups in total. The molecule has 6 heteroatoms. The highest BCUT2D eigenvalue weighted by Crippen LogP contribution is 2.27. The monoisotopic (exact) mass is 229 g/mol. The summed E-state index contributed by atoms with van der Waals surface area (Å²) in [5, 5.41) is 8.89. The molecule has 0 unspecified atom stereocenters. The molecule has 0 saturated heterocycles. The van der Waals surface area contributed by atoms with Gasteiger partial charge in [0.15, 0.2) is 0 Å². The average Bonchev–Trinajstić information content (AvgIpc) is 2.25. The molecule has 0 bridgehead atoms. The Labute approximate surface area is 90.3 Å². The summed E-state index contributed by atoms with van der Waals surface area (Å²) in [4.78, 5) is 0. The lowest BCUT2D eigenvalue weighted by Gasteiger charge is -2.15. The quantitative estimate of drug-likeness (QED) is 0.697. The zero-order chi connectivity index (χ0) is 12.2. The van der Waals surface area contributed by atoms with Crippen molar-refractivity contribution in [3.8, 4) is 0 Å². The van der Waals surface area contributed by atoms with Crippen LogP contribution in [0.1, 0.15) is 0 Å². The second-order valence-electron chi connectivity index (χ2n) is 2.96. The van der Waals surface area contributed by atoms with Crippen LogP contribution in [0.15, 0.2) is 41.7 Å². The lowest BCUT2D eigenvalue weighted by atomic mass is 10.2. The van der Waals surface area contributed by atoms with E-state index in [1.807, 2.05) is 0 Å². The highest BCUT2D eigenvalue weighted by Gasteiger charge is 2.36. The minimum absolute atomic E-state index is 0.264. The second kappa shape index (κ2) is 4.69. The van der Waals surface area contributed by atoms with Gasteiger partial charge < -0.3 is 16.5 Å². The number of alkyl halides is 3. The lowest BCUT2D eigenvalue weighted by molar-refractivity contribution is -0.0907. The van der Waals surface area contributed by atoms with E-state index in [1.54, 1.807) is 18.2 Å². The number of benzene rings is 1. The van der Waals surface area contributed by atoms with Gasteiger partial charge in [-0.15, -0.1) is 0 Å². The number of allylic oxidation sites excluding steroid dienone is 2. The zero-order valence-corrected chi connectivity index (χ0v) is 8.18. The molecule has 1 aromatic rings. The molecule has 0 saturated carbocycles. The summed E-state index contributed by atoms with van der Waals surface area (Å²) in [6, 6.07) is 7.82. The molecule has 0 amide bonds. The molecule has 86 valence electrons. The van der Waals surface area contributed by atoms with Crippen LogP contribution in [0.4, 0.5) is 18.9 Å². The van der Waals surface area contributed by atoms with Crippen molar-refractivity contribution in [2.75, 3.05) is 5.32 Å². The minimum Gasteiger partial charge on any atom is -0.396 e. The lowest BCUT2D eigenvalue weighted by Crippen LogP contribution is -2.24. The molecular formula is C10H10F3N3. The summed E-state index contributed by atoms with van der Waals surface area (Å²) in [6.45, 7) is 0. The molecule has 1 rings (SSSR count). The highest BCUT2D eigenvalue weighted by molar-refractivity contribution is 5.77. The summed E-state index contributed by atoms with van der Waals surface area (Å²) < 4.78 is 37.6. The number of hydrogen-bond acceptors (Lipinski definition) is 3. The molecule has 0 aliphatic carbocycles. The van der Waals surface area contributed by atoms with Gasteiger partial charge >= 0.3 is 6.18 Å². The Bertz CT molecular complexity index is 396. The first-order valence-corrected chi connectivity index (χ1v) is 4.34. The summed E-state index contributed by atoms with van der Waals surface area (Å²) in [5.41, 5.74) is 3.58. The van der Waals surface area contributed by atoms with E-state index in [2.05, 4.69) is 5.32 Å². The van der Waals surface area contributed by atoms with E-state index in [0.29, 0.717) is 6.21 Å². The summed E-state index contributed by atoms with van der Waals surface area (Å²) in [6.07, 6.45) is -4.16. The third-order valence-electron chi connectivity index (χ3n) is 1.77. The van der Waals surface area contributed by atoms with E-state index in [4.69, 9.17) is 11.1 Å². The van der Waals surface area contributed by atoms with Gasteiger partial charge in [0.2, 0.25) is 0 Å². The van der Waals surface area contributed by atoms with Crippen LogP contribution in [-0.4, -0.2) is 12.4 Å². The Hall–Kier alpha value is -1.98. The van der Waals surface area contributed by atoms with Crippen molar-refractivity contribution < 1.29 is 13.2 Å². The Morgan fingerprint density at radius 3 is 2.25 bits per heavy atom. The first kappa shape index (κ1) is 12.1. The van der Waals surface area contributed by atoms with Crippen LogP contribution >= 0.6 is 0 Å². The third kappa shape index (κ3) is 3.01. The molecule has 1 aromatic carbocycles. The fourth-order valence-corrected chi connectivity index (χ4v) is 1.04. The maximum atomic E-state index is 12.5. The molecule has 0 atom stereocenters. The van der Waals surface area contributed by atoms with E-state index in [0.717, 1.165) is 0 Å². The van der Waals surface area contributed by atoms with Crippen molar-refractivity contribution in [1.82, 2.24) is 0 Å². The molecular weight excluding hydrogens is 219 g/mol. The van der Waals surface area contributed by atoms with Crippen LogP contribution in [-0.2, 0) is 0 Å². The third-order valence-corrected chi connectivity index (χ3v) is 1.77. The van der Waals surface area contributed by atoms with Crippen LogP contribution in [0.5, 0.6) is 0 Å². The predicted octanol–water partition coefficient (Wildman–Crippen LogP) is 2.48. The summed E-state index contributed by atoms with van der Waals surface area (Å²) >= 11 is 0. The van der Waals surface area contributed by atoms with Gasteiger partial charge in [-0.1, -0.05) is 18.2 Å².